The number of methoxy groups -OCH3 is 1. The summed E-state index contributed by atoms with van der Waals surface area (Å²) < 4.78 is 5.67. The maximum absolute atomic E-state index is 6.26. The van der Waals surface area contributed by atoms with Crippen molar-refractivity contribution in [2.75, 3.05) is 14.2 Å². The fourth-order valence-corrected chi connectivity index (χ4v) is 2.82. The maximum Gasteiger partial charge on any atom is 0.0775 e. The molecule has 1 aromatic rings. The van der Waals surface area contributed by atoms with E-state index >= 15 is 0 Å². The fourth-order valence-electron chi connectivity index (χ4n) is 2.42. The first-order valence-electron chi connectivity index (χ1n) is 6.44. The number of nitrogens with one attached hydrogen (secondary N) is 1. The number of hydrogen-bond donors (Lipinski definition) is 1. The van der Waals surface area contributed by atoms with E-state index in [1.165, 1.54) is 0 Å². The summed E-state index contributed by atoms with van der Waals surface area (Å²) in [7, 11) is 3.70. The second-order valence-electron chi connectivity index (χ2n) is 5.83. The predicted octanol–water partition coefficient (Wildman–Crippen LogP) is 4.19. The molecule has 0 saturated carbocycles. The van der Waals surface area contributed by atoms with Crippen molar-refractivity contribution in [1.29, 1.82) is 0 Å². The Balaban J connectivity index is 2.96. The van der Waals surface area contributed by atoms with Crippen LogP contribution in [0.3, 0.4) is 0 Å². The van der Waals surface area contributed by atoms with Crippen LogP contribution in [-0.4, -0.2) is 26.3 Å². The molecule has 0 radical (unpaired) electrons. The van der Waals surface area contributed by atoms with Gasteiger partial charge in [-0.15, -0.1) is 0 Å². The summed E-state index contributed by atoms with van der Waals surface area (Å²) in [5, 5.41) is 4.56. The van der Waals surface area contributed by atoms with Crippen LogP contribution in [0.1, 0.15) is 26.3 Å². The lowest BCUT2D eigenvalue weighted by Gasteiger charge is -2.36. The highest BCUT2D eigenvalue weighted by Crippen LogP contribution is 2.30. The van der Waals surface area contributed by atoms with E-state index in [-0.39, 0.29) is 17.6 Å². The first-order valence-corrected chi connectivity index (χ1v) is 7.19. The first kappa shape index (κ1) is 16.8. The zero-order valence-electron chi connectivity index (χ0n) is 12.3. The van der Waals surface area contributed by atoms with Crippen LogP contribution in [0.25, 0.3) is 0 Å². The van der Waals surface area contributed by atoms with E-state index in [1.807, 2.05) is 19.2 Å². The second kappa shape index (κ2) is 6.94. The van der Waals surface area contributed by atoms with Gasteiger partial charge in [0.25, 0.3) is 0 Å². The molecule has 0 heterocycles. The van der Waals surface area contributed by atoms with Crippen molar-refractivity contribution in [3.63, 3.8) is 0 Å². The lowest BCUT2D eigenvalue weighted by molar-refractivity contribution is -0.00920. The quantitative estimate of drug-likeness (QED) is 0.881. The van der Waals surface area contributed by atoms with E-state index in [9.17, 15) is 0 Å². The topological polar surface area (TPSA) is 21.3 Å². The average molecular weight is 304 g/mol. The van der Waals surface area contributed by atoms with Gasteiger partial charge >= 0.3 is 0 Å². The number of hydrogen-bond acceptors (Lipinski definition) is 2. The zero-order chi connectivity index (χ0) is 14.6. The third kappa shape index (κ3) is 4.35. The van der Waals surface area contributed by atoms with Gasteiger partial charge in [-0.25, -0.2) is 0 Å². The van der Waals surface area contributed by atoms with E-state index in [4.69, 9.17) is 27.9 Å². The van der Waals surface area contributed by atoms with Gasteiger partial charge in [-0.2, -0.15) is 0 Å². The lowest BCUT2D eigenvalue weighted by atomic mass is 9.82. The van der Waals surface area contributed by atoms with Crippen LogP contribution in [0.4, 0.5) is 0 Å². The summed E-state index contributed by atoms with van der Waals surface area (Å²) in [6, 6.07) is 5.92. The van der Waals surface area contributed by atoms with Gasteiger partial charge in [0, 0.05) is 13.2 Å². The Bertz CT molecular complexity index is 415. The minimum Gasteiger partial charge on any atom is -0.379 e. The van der Waals surface area contributed by atoms with Gasteiger partial charge in [0.1, 0.15) is 0 Å². The predicted molar refractivity (Wildman–Crippen MR) is 83.3 cm³/mol. The van der Waals surface area contributed by atoms with Crippen molar-refractivity contribution in [2.24, 2.45) is 5.41 Å². The van der Waals surface area contributed by atoms with Crippen LogP contribution in [0.15, 0.2) is 18.2 Å². The fraction of sp³-hybridized carbons (Fsp3) is 0.600. The normalized spacial score (nSPS) is 15.3. The molecule has 0 aliphatic rings. The highest BCUT2D eigenvalue weighted by molar-refractivity contribution is 6.42. The van der Waals surface area contributed by atoms with Crippen molar-refractivity contribution in [2.45, 2.75) is 39.3 Å². The summed E-state index contributed by atoms with van der Waals surface area (Å²) >= 11 is 12.3. The Morgan fingerprint density at radius 3 is 2.37 bits per heavy atom. The van der Waals surface area contributed by atoms with E-state index in [0.717, 1.165) is 12.0 Å². The summed E-state index contributed by atoms with van der Waals surface area (Å²) in [6.07, 6.45) is 0.874. The lowest BCUT2D eigenvalue weighted by Crippen LogP contribution is -2.47. The molecule has 2 atom stereocenters. The molecule has 0 aromatic heterocycles. The van der Waals surface area contributed by atoms with E-state index in [1.54, 1.807) is 13.2 Å². The SMILES string of the molecule is CNC(Cc1cccc(Cl)c1Cl)C(OC)C(C)(C)C. The van der Waals surface area contributed by atoms with Gasteiger partial charge in [0.05, 0.1) is 16.1 Å². The molecule has 0 fully saturated rings. The molecule has 0 aliphatic heterocycles. The number of ether oxygens (including phenoxy) is 1. The molecule has 2 nitrogen and oxygen atoms in total. The number of benzene rings is 1. The van der Waals surface area contributed by atoms with Gasteiger partial charge in [-0.1, -0.05) is 56.1 Å². The molecule has 0 amide bonds. The molecule has 108 valence electrons. The van der Waals surface area contributed by atoms with E-state index in [0.29, 0.717) is 10.0 Å². The largest absolute Gasteiger partial charge is 0.379 e. The third-order valence-electron chi connectivity index (χ3n) is 3.32. The standard InChI is InChI=1S/C15H23Cl2NO/c1-15(2,3)14(19-5)12(18-4)9-10-7-6-8-11(16)13(10)17/h6-8,12,14,18H,9H2,1-5H3. The molecule has 1 aromatic carbocycles. The van der Waals surface area contributed by atoms with E-state index in [2.05, 4.69) is 26.1 Å². The Kier molecular flexibility index (Phi) is 6.13. The number of rotatable bonds is 5. The van der Waals surface area contributed by atoms with Crippen molar-refractivity contribution in [3.8, 4) is 0 Å². The Hall–Kier alpha value is -0.280. The molecule has 1 N–H and O–H groups in total. The Morgan fingerprint density at radius 2 is 1.89 bits per heavy atom. The van der Waals surface area contributed by atoms with Crippen LogP contribution >= 0.6 is 23.2 Å². The van der Waals surface area contributed by atoms with Crippen LogP contribution < -0.4 is 5.32 Å². The van der Waals surface area contributed by atoms with Crippen LogP contribution in [0.2, 0.25) is 10.0 Å². The van der Waals surface area contributed by atoms with Gasteiger partial charge < -0.3 is 10.1 Å². The van der Waals surface area contributed by atoms with Gasteiger partial charge in [0.2, 0.25) is 0 Å². The Morgan fingerprint density at radius 1 is 1.26 bits per heavy atom. The zero-order valence-corrected chi connectivity index (χ0v) is 13.8. The number of likely N-dealkylation sites (N-methyl/N-ethyl adjacent to an activating group) is 1. The average Bonchev–Trinajstić information content (AvgIpc) is 2.32. The molecule has 0 aliphatic carbocycles. The van der Waals surface area contributed by atoms with E-state index < -0.39 is 0 Å². The second-order valence-corrected chi connectivity index (χ2v) is 6.62. The maximum atomic E-state index is 6.26. The monoisotopic (exact) mass is 303 g/mol. The van der Waals surface area contributed by atoms with Gasteiger partial charge in [0.15, 0.2) is 0 Å². The van der Waals surface area contributed by atoms with Crippen LogP contribution in [0, 0.1) is 5.41 Å². The first-order chi connectivity index (χ1) is 8.81. The van der Waals surface area contributed by atoms with Crippen LogP contribution in [-0.2, 0) is 11.2 Å². The minimum absolute atomic E-state index is 0.0491. The molecule has 1 rings (SSSR count). The van der Waals surface area contributed by atoms with Crippen molar-refractivity contribution >= 4 is 23.2 Å². The van der Waals surface area contributed by atoms with Crippen molar-refractivity contribution in [1.82, 2.24) is 5.32 Å². The van der Waals surface area contributed by atoms with Crippen molar-refractivity contribution in [3.05, 3.63) is 33.8 Å². The molecule has 0 spiro atoms. The Labute approximate surface area is 126 Å². The van der Waals surface area contributed by atoms with Gasteiger partial charge in [-0.3, -0.25) is 0 Å². The summed E-state index contributed by atoms with van der Waals surface area (Å²) in [5.74, 6) is 0. The third-order valence-corrected chi connectivity index (χ3v) is 4.17. The minimum atomic E-state index is 0.0491. The molecule has 19 heavy (non-hydrogen) atoms. The smallest absolute Gasteiger partial charge is 0.0775 e. The van der Waals surface area contributed by atoms with Crippen LogP contribution in [0.5, 0.6) is 0 Å². The summed E-state index contributed by atoms with van der Waals surface area (Å²) in [6.45, 7) is 6.52. The molecule has 0 bridgehead atoms. The molecular formula is C15H23Cl2NO. The number of halogens is 2. The van der Waals surface area contributed by atoms with Crippen molar-refractivity contribution < 1.29 is 4.74 Å². The molecular weight excluding hydrogens is 281 g/mol. The van der Waals surface area contributed by atoms with Gasteiger partial charge in [-0.05, 0) is 30.5 Å². The molecule has 4 heteroatoms. The highest BCUT2D eigenvalue weighted by Gasteiger charge is 2.32. The molecule has 2 unspecified atom stereocenters. The molecule has 0 saturated heterocycles. The summed E-state index contributed by atoms with van der Waals surface area (Å²) in [5.41, 5.74) is 1.09. The summed E-state index contributed by atoms with van der Waals surface area (Å²) in [4.78, 5) is 0. The highest BCUT2D eigenvalue weighted by atomic mass is 35.5.